The number of carbonyl (C=O) groups is 4. The van der Waals surface area contributed by atoms with E-state index in [9.17, 15) is 19.2 Å². The van der Waals surface area contributed by atoms with Gasteiger partial charge in [0.25, 0.3) is 0 Å². The second-order valence-corrected chi connectivity index (χ2v) is 8.45. The molecule has 0 amide bonds. The molecule has 5 atom stereocenters. The molecular weight excluding hydrogens is 442 g/mol. The van der Waals surface area contributed by atoms with Gasteiger partial charge in [-0.05, 0) is 0 Å². The van der Waals surface area contributed by atoms with Crippen LogP contribution >= 0.6 is 23.1 Å². The van der Waals surface area contributed by atoms with Crippen molar-refractivity contribution in [1.29, 1.82) is 0 Å². The normalized spacial score (nSPS) is 25.8. The van der Waals surface area contributed by atoms with Gasteiger partial charge in [-0.1, -0.05) is 23.1 Å². The molecule has 2 rings (SSSR count). The van der Waals surface area contributed by atoms with E-state index in [2.05, 4.69) is 10.2 Å². The Kier molecular flexibility index (Phi) is 8.37. The summed E-state index contributed by atoms with van der Waals surface area (Å²) in [5, 5.41) is 7.80. The van der Waals surface area contributed by atoms with Crippen molar-refractivity contribution in [3.63, 3.8) is 0 Å². The summed E-state index contributed by atoms with van der Waals surface area (Å²) in [5.41, 5.74) is 4.64. The number of nitrogens with zero attached hydrogens (tertiary/aromatic N) is 2. The molecule has 30 heavy (non-hydrogen) atoms. The predicted molar refractivity (Wildman–Crippen MR) is 102 cm³/mol. The summed E-state index contributed by atoms with van der Waals surface area (Å²) in [6, 6.07) is 0. The minimum absolute atomic E-state index is 0.211. The molecular formula is C16H21N3O9S2. The summed E-state index contributed by atoms with van der Waals surface area (Å²) in [6.07, 6.45) is -4.62. The minimum atomic E-state index is -1.23. The van der Waals surface area contributed by atoms with Crippen molar-refractivity contribution in [2.45, 2.75) is 61.9 Å². The van der Waals surface area contributed by atoms with Gasteiger partial charge in [0.05, 0.1) is 0 Å². The largest absolute Gasteiger partial charge is 0.463 e. The van der Waals surface area contributed by atoms with Crippen molar-refractivity contribution in [2.24, 2.45) is 0 Å². The first-order chi connectivity index (χ1) is 14.1. The van der Waals surface area contributed by atoms with Gasteiger partial charge in [-0.3, -0.25) is 19.2 Å². The topological polar surface area (TPSA) is 166 Å². The molecule has 0 aromatic carbocycles. The first-order valence-electron chi connectivity index (χ1n) is 8.63. The Morgan fingerprint density at radius 3 is 2.00 bits per heavy atom. The van der Waals surface area contributed by atoms with Crippen LogP contribution in [-0.4, -0.2) is 70.5 Å². The van der Waals surface area contributed by atoms with Crippen LogP contribution in [0.1, 0.15) is 27.7 Å². The van der Waals surface area contributed by atoms with Crippen LogP contribution in [0.3, 0.4) is 0 Å². The molecule has 1 aliphatic rings. The van der Waals surface area contributed by atoms with Gasteiger partial charge in [0, 0.05) is 27.7 Å². The quantitative estimate of drug-likeness (QED) is 0.433. The van der Waals surface area contributed by atoms with E-state index in [0.717, 1.165) is 36.9 Å². The smallest absolute Gasteiger partial charge is 0.303 e. The number of esters is 4. The molecule has 166 valence electrons. The minimum Gasteiger partial charge on any atom is -0.463 e. The molecule has 1 aromatic heterocycles. The molecule has 1 fully saturated rings. The van der Waals surface area contributed by atoms with Crippen LogP contribution in [0.4, 0.5) is 5.13 Å². The zero-order chi connectivity index (χ0) is 22.4. The molecule has 0 unspecified atom stereocenters. The highest BCUT2D eigenvalue weighted by molar-refractivity contribution is 8.01. The van der Waals surface area contributed by atoms with E-state index >= 15 is 0 Å². The lowest BCUT2D eigenvalue weighted by Gasteiger charge is -2.43. The molecule has 2 N–H and O–H groups in total. The first kappa shape index (κ1) is 23.8. The van der Waals surface area contributed by atoms with Crippen molar-refractivity contribution < 1.29 is 42.9 Å². The van der Waals surface area contributed by atoms with Gasteiger partial charge < -0.3 is 29.4 Å². The van der Waals surface area contributed by atoms with Crippen molar-refractivity contribution in [2.75, 3.05) is 12.3 Å². The van der Waals surface area contributed by atoms with Crippen LogP contribution in [-0.2, 0) is 42.9 Å². The molecule has 0 bridgehead atoms. The molecule has 0 spiro atoms. The van der Waals surface area contributed by atoms with E-state index in [1.54, 1.807) is 0 Å². The van der Waals surface area contributed by atoms with Crippen LogP contribution < -0.4 is 5.73 Å². The van der Waals surface area contributed by atoms with Gasteiger partial charge in [-0.15, -0.1) is 10.2 Å². The Labute approximate surface area is 179 Å². The van der Waals surface area contributed by atoms with Crippen LogP contribution in [0.5, 0.6) is 0 Å². The molecule has 0 radical (unpaired) electrons. The standard InChI is InChI=1S/C16H21N3O9S2/c1-6(20)24-5-10-11(25-7(2)21)12(26-8(3)22)13(27-9(4)23)14(28-10)29-16-19-18-15(17)30-16/h10-14H,5H2,1-4H3,(H2,17,18)/t10-,11+,12-,13+,14+/m0/s1. The lowest BCUT2D eigenvalue weighted by atomic mass is 9.99. The highest BCUT2D eigenvalue weighted by Gasteiger charge is 2.52. The molecule has 1 aromatic rings. The third-order valence-electron chi connectivity index (χ3n) is 3.59. The van der Waals surface area contributed by atoms with Crippen molar-refractivity contribution in [3.8, 4) is 0 Å². The fourth-order valence-corrected chi connectivity index (χ4v) is 4.56. The Bertz CT molecular complexity index is 803. The number of nitrogen functional groups attached to an aromatic ring is 1. The highest BCUT2D eigenvalue weighted by Crippen LogP contribution is 2.38. The van der Waals surface area contributed by atoms with Gasteiger partial charge in [0.1, 0.15) is 12.7 Å². The van der Waals surface area contributed by atoms with Crippen LogP contribution in [0.25, 0.3) is 0 Å². The van der Waals surface area contributed by atoms with Gasteiger partial charge in [0.15, 0.2) is 28.1 Å². The average Bonchev–Trinajstić information content (AvgIpc) is 3.02. The lowest BCUT2D eigenvalue weighted by Crippen LogP contribution is -2.61. The van der Waals surface area contributed by atoms with Gasteiger partial charge in [-0.2, -0.15) is 0 Å². The molecule has 0 aliphatic carbocycles. The maximum atomic E-state index is 11.7. The monoisotopic (exact) mass is 463 g/mol. The van der Waals surface area contributed by atoms with Gasteiger partial charge in [0.2, 0.25) is 5.13 Å². The second kappa shape index (κ2) is 10.5. The number of hydrogen-bond acceptors (Lipinski definition) is 14. The second-order valence-electron chi connectivity index (χ2n) is 6.09. The number of aromatic nitrogens is 2. The van der Waals surface area contributed by atoms with Crippen LogP contribution in [0.2, 0.25) is 0 Å². The van der Waals surface area contributed by atoms with Crippen molar-refractivity contribution in [3.05, 3.63) is 0 Å². The van der Waals surface area contributed by atoms with E-state index in [0.29, 0.717) is 4.34 Å². The van der Waals surface area contributed by atoms with E-state index < -0.39 is 53.7 Å². The maximum absolute atomic E-state index is 11.7. The number of rotatable bonds is 7. The summed E-state index contributed by atoms with van der Waals surface area (Å²) in [6.45, 7) is 4.37. The van der Waals surface area contributed by atoms with Crippen LogP contribution in [0.15, 0.2) is 4.34 Å². The summed E-state index contributed by atoms with van der Waals surface area (Å²) < 4.78 is 27.3. The summed E-state index contributed by atoms with van der Waals surface area (Å²) in [4.78, 5) is 46.4. The average molecular weight is 463 g/mol. The Morgan fingerprint density at radius 2 is 1.50 bits per heavy atom. The van der Waals surface area contributed by atoms with Crippen molar-refractivity contribution in [1.82, 2.24) is 10.2 Å². The molecule has 0 saturated carbocycles. The number of thioether (sulfide) groups is 1. The van der Waals surface area contributed by atoms with E-state index in [1.807, 2.05) is 0 Å². The fraction of sp³-hybridized carbons (Fsp3) is 0.625. The van der Waals surface area contributed by atoms with E-state index in [-0.39, 0.29) is 11.7 Å². The summed E-state index contributed by atoms with van der Waals surface area (Å²) >= 11 is 2.09. The zero-order valence-corrected chi connectivity index (χ0v) is 18.2. The third-order valence-corrected chi connectivity index (χ3v) is 5.57. The molecule has 12 nitrogen and oxygen atoms in total. The number of nitrogens with two attached hydrogens (primary N) is 1. The van der Waals surface area contributed by atoms with Gasteiger partial charge in [-0.25, -0.2) is 0 Å². The number of anilines is 1. The Balaban J connectivity index is 2.41. The lowest BCUT2D eigenvalue weighted by molar-refractivity contribution is -0.237. The van der Waals surface area contributed by atoms with Crippen molar-refractivity contribution >= 4 is 52.1 Å². The first-order valence-corrected chi connectivity index (χ1v) is 10.3. The third kappa shape index (κ3) is 6.81. The molecule has 2 heterocycles. The molecule has 1 saturated heterocycles. The fourth-order valence-electron chi connectivity index (χ4n) is 2.65. The Morgan fingerprint density at radius 1 is 0.933 bits per heavy atom. The summed E-state index contributed by atoms with van der Waals surface area (Å²) in [7, 11) is 0. The SMILES string of the molecule is CC(=O)OC[C@@H]1O[C@H](Sc2nnc(N)s2)[C@H](OC(C)=O)[C@@H](OC(C)=O)[C@@H]1OC(C)=O. The maximum Gasteiger partial charge on any atom is 0.303 e. The van der Waals surface area contributed by atoms with E-state index in [4.69, 9.17) is 29.4 Å². The number of ether oxygens (including phenoxy) is 5. The van der Waals surface area contributed by atoms with E-state index in [1.165, 1.54) is 13.8 Å². The van der Waals surface area contributed by atoms with Gasteiger partial charge >= 0.3 is 23.9 Å². The highest BCUT2D eigenvalue weighted by atomic mass is 32.2. The van der Waals surface area contributed by atoms with Crippen LogP contribution in [0, 0.1) is 0 Å². The molecule has 1 aliphatic heterocycles. The Hall–Kier alpha value is -2.45. The summed E-state index contributed by atoms with van der Waals surface area (Å²) in [5.74, 6) is -2.67. The molecule has 14 heteroatoms. The number of carbonyl (C=O) groups excluding carboxylic acids is 4. The predicted octanol–water partition coefficient (Wildman–Crippen LogP) is 0.295. The number of hydrogen-bond donors (Lipinski definition) is 1. The zero-order valence-electron chi connectivity index (χ0n) is 16.6.